The average molecular weight is 353 g/mol. The topological polar surface area (TPSA) is 68.3 Å². The first-order valence-electron chi connectivity index (χ1n) is 8.75. The molecule has 3 rings (SSSR count). The summed E-state index contributed by atoms with van der Waals surface area (Å²) in [5.41, 5.74) is 0.630. The van der Waals surface area contributed by atoms with Gasteiger partial charge in [-0.1, -0.05) is 12.1 Å². The number of carbonyl (C=O) groups is 1. The summed E-state index contributed by atoms with van der Waals surface area (Å²) in [4.78, 5) is 26.5. The average Bonchev–Trinajstić information content (AvgIpc) is 3.04. The van der Waals surface area contributed by atoms with Crippen molar-refractivity contribution in [3.05, 3.63) is 64.3 Å². The lowest BCUT2D eigenvalue weighted by atomic mass is 10.2. The van der Waals surface area contributed by atoms with Crippen LogP contribution in [0.1, 0.15) is 31.8 Å². The van der Waals surface area contributed by atoms with Gasteiger partial charge in [0.05, 0.1) is 24.8 Å². The fourth-order valence-corrected chi connectivity index (χ4v) is 2.98. The molecule has 6 nitrogen and oxygen atoms in total. The maximum atomic E-state index is 12.8. The van der Waals surface area contributed by atoms with Crippen molar-refractivity contribution in [3.63, 3.8) is 0 Å². The van der Waals surface area contributed by atoms with Crippen molar-refractivity contribution in [2.75, 3.05) is 0 Å². The Morgan fingerprint density at radius 2 is 2.00 bits per heavy atom. The van der Waals surface area contributed by atoms with Crippen LogP contribution < -0.4 is 5.43 Å². The highest BCUT2D eigenvalue weighted by Gasteiger charge is 2.19. The second-order valence-electron chi connectivity index (χ2n) is 6.63. The highest BCUT2D eigenvalue weighted by molar-refractivity contribution is 5.79. The molecule has 0 aliphatic rings. The second-order valence-corrected chi connectivity index (χ2v) is 6.63. The molecule has 2 aromatic heterocycles. The summed E-state index contributed by atoms with van der Waals surface area (Å²) < 4.78 is 7.31. The Bertz CT molecular complexity index is 972. The Kier molecular flexibility index (Phi) is 5.21. The maximum Gasteiger partial charge on any atom is 0.225 e. The number of para-hydroxylation sites is 1. The molecule has 1 amide bonds. The van der Waals surface area contributed by atoms with E-state index in [2.05, 4.69) is 5.10 Å². The monoisotopic (exact) mass is 353 g/mol. The standard InChI is InChI=1S/C20H23N3O3/c1-14(2)22(13-16-9-8-15(3)26-16)20(25)10-11-23-18-7-5-4-6-17(18)19(24)12-21-23/h4-9,12,14H,10-11,13H2,1-3H3. The number of benzene rings is 1. The number of aromatic nitrogens is 2. The molecule has 136 valence electrons. The lowest BCUT2D eigenvalue weighted by molar-refractivity contribution is -0.134. The van der Waals surface area contributed by atoms with Crippen LogP contribution in [0.15, 0.2) is 51.8 Å². The van der Waals surface area contributed by atoms with Gasteiger partial charge in [0.25, 0.3) is 0 Å². The molecule has 0 aliphatic heterocycles. The van der Waals surface area contributed by atoms with Crippen LogP contribution in [0.4, 0.5) is 0 Å². The predicted octanol–water partition coefficient (Wildman–Crippen LogP) is 3.13. The van der Waals surface area contributed by atoms with Gasteiger partial charge in [-0.2, -0.15) is 5.10 Å². The van der Waals surface area contributed by atoms with E-state index in [-0.39, 0.29) is 17.4 Å². The van der Waals surface area contributed by atoms with Crippen LogP contribution >= 0.6 is 0 Å². The van der Waals surface area contributed by atoms with Gasteiger partial charge in [0.1, 0.15) is 11.5 Å². The number of amides is 1. The van der Waals surface area contributed by atoms with Crippen molar-refractivity contribution in [2.24, 2.45) is 0 Å². The molecule has 6 heteroatoms. The van der Waals surface area contributed by atoms with E-state index in [1.165, 1.54) is 6.20 Å². The Hall–Kier alpha value is -2.89. The van der Waals surface area contributed by atoms with Gasteiger partial charge >= 0.3 is 0 Å². The zero-order valence-corrected chi connectivity index (χ0v) is 15.3. The summed E-state index contributed by atoms with van der Waals surface area (Å²) in [7, 11) is 0. The van der Waals surface area contributed by atoms with Gasteiger partial charge in [-0.3, -0.25) is 14.3 Å². The molecule has 0 radical (unpaired) electrons. The highest BCUT2D eigenvalue weighted by Crippen LogP contribution is 2.14. The van der Waals surface area contributed by atoms with Crippen LogP contribution in [0, 0.1) is 6.92 Å². The molecule has 0 saturated heterocycles. The minimum Gasteiger partial charge on any atom is -0.464 e. The summed E-state index contributed by atoms with van der Waals surface area (Å²) in [6.07, 6.45) is 1.61. The molecule has 0 bridgehead atoms. The number of fused-ring (bicyclic) bond motifs is 1. The van der Waals surface area contributed by atoms with Gasteiger partial charge in [0.2, 0.25) is 11.3 Å². The number of carbonyl (C=O) groups excluding carboxylic acids is 1. The summed E-state index contributed by atoms with van der Waals surface area (Å²) >= 11 is 0. The summed E-state index contributed by atoms with van der Waals surface area (Å²) in [5.74, 6) is 1.63. The first-order valence-corrected chi connectivity index (χ1v) is 8.75. The Labute approximate surface area is 152 Å². The molecule has 0 spiro atoms. The third kappa shape index (κ3) is 3.85. The largest absolute Gasteiger partial charge is 0.464 e. The maximum absolute atomic E-state index is 12.8. The fourth-order valence-electron chi connectivity index (χ4n) is 2.98. The fraction of sp³-hybridized carbons (Fsp3) is 0.350. The number of rotatable bonds is 6. The minimum atomic E-state index is -0.111. The molecule has 0 aliphatic carbocycles. The van der Waals surface area contributed by atoms with Gasteiger partial charge in [-0.05, 0) is 45.0 Å². The van der Waals surface area contributed by atoms with E-state index in [0.717, 1.165) is 17.0 Å². The lowest BCUT2D eigenvalue weighted by Crippen LogP contribution is -2.36. The van der Waals surface area contributed by atoms with Crippen LogP contribution in [0.25, 0.3) is 10.9 Å². The zero-order valence-electron chi connectivity index (χ0n) is 15.3. The number of hydrogen-bond donors (Lipinski definition) is 0. The molecular weight excluding hydrogens is 330 g/mol. The summed E-state index contributed by atoms with van der Waals surface area (Å²) in [6, 6.07) is 11.2. The molecule has 3 aromatic rings. The highest BCUT2D eigenvalue weighted by atomic mass is 16.3. The third-order valence-corrected chi connectivity index (χ3v) is 4.37. The van der Waals surface area contributed by atoms with E-state index in [9.17, 15) is 9.59 Å². The Balaban J connectivity index is 1.74. The van der Waals surface area contributed by atoms with Crippen LogP contribution in [0.3, 0.4) is 0 Å². The summed E-state index contributed by atoms with van der Waals surface area (Å²) in [6.45, 7) is 6.72. The van der Waals surface area contributed by atoms with Gasteiger partial charge in [0, 0.05) is 17.8 Å². The van der Waals surface area contributed by atoms with E-state index in [0.29, 0.717) is 24.9 Å². The smallest absolute Gasteiger partial charge is 0.225 e. The van der Waals surface area contributed by atoms with Crippen LogP contribution in [-0.2, 0) is 17.9 Å². The van der Waals surface area contributed by atoms with E-state index in [1.54, 1.807) is 15.6 Å². The van der Waals surface area contributed by atoms with Crippen molar-refractivity contribution in [1.82, 2.24) is 14.7 Å². The molecule has 0 fully saturated rings. The van der Waals surface area contributed by atoms with Crippen molar-refractivity contribution < 1.29 is 9.21 Å². The lowest BCUT2D eigenvalue weighted by Gasteiger charge is -2.26. The van der Waals surface area contributed by atoms with Gasteiger partial charge < -0.3 is 9.32 Å². The number of hydrogen-bond acceptors (Lipinski definition) is 4. The van der Waals surface area contributed by atoms with Crippen LogP contribution in [0.5, 0.6) is 0 Å². The van der Waals surface area contributed by atoms with E-state index >= 15 is 0 Å². The van der Waals surface area contributed by atoms with E-state index in [4.69, 9.17) is 4.42 Å². The molecule has 0 atom stereocenters. The first-order chi connectivity index (χ1) is 12.5. The van der Waals surface area contributed by atoms with Gasteiger partial charge in [-0.25, -0.2) is 0 Å². The van der Waals surface area contributed by atoms with Gasteiger partial charge in [-0.15, -0.1) is 0 Å². The molecular formula is C20H23N3O3. The van der Waals surface area contributed by atoms with Crippen molar-refractivity contribution in [1.29, 1.82) is 0 Å². The minimum absolute atomic E-state index is 0.0265. The molecule has 1 aromatic carbocycles. The molecule has 0 saturated carbocycles. The normalized spacial score (nSPS) is 11.2. The Morgan fingerprint density at radius 3 is 2.69 bits per heavy atom. The quantitative estimate of drug-likeness (QED) is 0.683. The SMILES string of the molecule is Cc1ccc(CN(C(=O)CCn2ncc(=O)c3ccccc32)C(C)C)o1. The van der Waals surface area contributed by atoms with E-state index < -0.39 is 0 Å². The molecule has 0 unspecified atom stereocenters. The van der Waals surface area contributed by atoms with Gasteiger partial charge in [0.15, 0.2) is 0 Å². The van der Waals surface area contributed by atoms with Crippen molar-refractivity contribution in [3.8, 4) is 0 Å². The predicted molar refractivity (Wildman–Crippen MR) is 99.8 cm³/mol. The van der Waals surface area contributed by atoms with E-state index in [1.807, 2.05) is 51.1 Å². The number of nitrogens with zero attached hydrogens (tertiary/aromatic N) is 3. The van der Waals surface area contributed by atoms with Crippen molar-refractivity contribution >= 4 is 16.8 Å². The molecule has 0 N–H and O–H groups in total. The summed E-state index contributed by atoms with van der Waals surface area (Å²) in [5, 5.41) is 4.80. The zero-order chi connectivity index (χ0) is 18.7. The number of aryl methyl sites for hydroxylation is 2. The third-order valence-electron chi connectivity index (χ3n) is 4.37. The van der Waals surface area contributed by atoms with Crippen LogP contribution in [-0.4, -0.2) is 26.6 Å². The number of furan rings is 1. The second kappa shape index (κ2) is 7.56. The first kappa shape index (κ1) is 17.9. The Morgan fingerprint density at radius 1 is 1.23 bits per heavy atom. The molecule has 26 heavy (non-hydrogen) atoms. The van der Waals surface area contributed by atoms with Crippen molar-refractivity contribution in [2.45, 2.75) is 46.3 Å². The van der Waals surface area contributed by atoms with Crippen LogP contribution in [0.2, 0.25) is 0 Å². The molecule has 2 heterocycles.